The first-order valence-electron chi connectivity index (χ1n) is 7.51. The van der Waals surface area contributed by atoms with Crippen LogP contribution >= 0.6 is 11.8 Å². The summed E-state index contributed by atoms with van der Waals surface area (Å²) in [5, 5.41) is 21.1. The monoisotopic (exact) mass is 356 g/mol. The molecule has 8 heteroatoms. The number of aromatic nitrogens is 4. The van der Waals surface area contributed by atoms with E-state index in [1.54, 1.807) is 55.6 Å². The molecule has 0 saturated heterocycles. The SMILES string of the molecule is COc1ccc(C(=O)[C@H](C)Sc2nnnn2-c2ccc(O)cc2)cc1. The van der Waals surface area contributed by atoms with Crippen LogP contribution < -0.4 is 4.74 Å². The second-order valence-electron chi connectivity index (χ2n) is 5.24. The molecule has 1 aromatic heterocycles. The molecule has 2 aromatic carbocycles. The summed E-state index contributed by atoms with van der Waals surface area (Å²) in [7, 11) is 1.58. The molecule has 7 nitrogen and oxygen atoms in total. The van der Waals surface area contributed by atoms with Crippen LogP contribution in [0.5, 0.6) is 11.5 Å². The Balaban J connectivity index is 1.77. The number of rotatable bonds is 6. The van der Waals surface area contributed by atoms with E-state index in [9.17, 15) is 9.90 Å². The quantitative estimate of drug-likeness (QED) is 0.536. The van der Waals surface area contributed by atoms with Crippen molar-refractivity contribution >= 4 is 17.5 Å². The number of tetrazole rings is 1. The van der Waals surface area contributed by atoms with Gasteiger partial charge in [-0.2, -0.15) is 4.68 Å². The number of carbonyl (C=O) groups excluding carboxylic acids is 1. The lowest BCUT2D eigenvalue weighted by atomic mass is 10.1. The van der Waals surface area contributed by atoms with Crippen LogP contribution in [-0.4, -0.2) is 43.5 Å². The van der Waals surface area contributed by atoms with Gasteiger partial charge in [-0.15, -0.1) is 5.10 Å². The number of Topliss-reactive ketones (excluding diaryl/α,β-unsaturated/α-hetero) is 1. The smallest absolute Gasteiger partial charge is 0.214 e. The zero-order valence-electron chi connectivity index (χ0n) is 13.7. The molecule has 1 N–H and O–H groups in total. The molecule has 0 spiro atoms. The Hall–Kier alpha value is -2.87. The number of carbonyl (C=O) groups is 1. The Kier molecular flexibility index (Phi) is 4.99. The first kappa shape index (κ1) is 17.0. The van der Waals surface area contributed by atoms with Crippen LogP contribution in [0, 0.1) is 0 Å². The maximum Gasteiger partial charge on any atom is 0.214 e. The van der Waals surface area contributed by atoms with E-state index in [0.29, 0.717) is 22.2 Å². The van der Waals surface area contributed by atoms with Gasteiger partial charge < -0.3 is 9.84 Å². The maximum absolute atomic E-state index is 12.6. The van der Waals surface area contributed by atoms with E-state index >= 15 is 0 Å². The van der Waals surface area contributed by atoms with Crippen molar-refractivity contribution in [1.29, 1.82) is 0 Å². The van der Waals surface area contributed by atoms with Gasteiger partial charge in [-0.1, -0.05) is 11.8 Å². The van der Waals surface area contributed by atoms with Crippen molar-refractivity contribution < 1.29 is 14.6 Å². The summed E-state index contributed by atoms with van der Waals surface area (Å²) in [5.41, 5.74) is 1.30. The number of hydrogen-bond donors (Lipinski definition) is 1. The highest BCUT2D eigenvalue weighted by atomic mass is 32.2. The highest BCUT2D eigenvalue weighted by molar-refractivity contribution is 8.00. The van der Waals surface area contributed by atoms with Crippen molar-refractivity contribution in [3.05, 3.63) is 54.1 Å². The predicted octanol–water partition coefficient (Wildman–Crippen LogP) is 2.74. The number of aromatic hydroxyl groups is 1. The third kappa shape index (κ3) is 3.80. The normalized spacial score (nSPS) is 11.9. The summed E-state index contributed by atoms with van der Waals surface area (Å²) >= 11 is 1.27. The molecule has 1 atom stereocenters. The molecular weight excluding hydrogens is 340 g/mol. The van der Waals surface area contributed by atoms with Gasteiger partial charge in [0.25, 0.3) is 0 Å². The molecule has 0 aliphatic heterocycles. The van der Waals surface area contributed by atoms with Crippen LogP contribution in [-0.2, 0) is 0 Å². The molecule has 3 rings (SSSR count). The van der Waals surface area contributed by atoms with E-state index in [1.807, 2.05) is 6.92 Å². The zero-order chi connectivity index (χ0) is 17.8. The van der Waals surface area contributed by atoms with Crippen molar-refractivity contribution in [2.24, 2.45) is 0 Å². The second-order valence-corrected chi connectivity index (χ2v) is 6.55. The minimum absolute atomic E-state index is 0.0205. The van der Waals surface area contributed by atoms with Crippen molar-refractivity contribution in [3.8, 4) is 17.2 Å². The van der Waals surface area contributed by atoms with E-state index in [0.717, 1.165) is 0 Å². The lowest BCUT2D eigenvalue weighted by Crippen LogP contribution is -2.14. The third-order valence-electron chi connectivity index (χ3n) is 3.56. The molecule has 0 bridgehead atoms. The van der Waals surface area contributed by atoms with E-state index in [2.05, 4.69) is 15.5 Å². The minimum Gasteiger partial charge on any atom is -0.508 e. The Morgan fingerprint density at radius 2 is 1.84 bits per heavy atom. The van der Waals surface area contributed by atoms with E-state index in [4.69, 9.17) is 4.74 Å². The number of methoxy groups -OCH3 is 1. The van der Waals surface area contributed by atoms with E-state index in [1.165, 1.54) is 16.4 Å². The van der Waals surface area contributed by atoms with Gasteiger partial charge in [0.1, 0.15) is 11.5 Å². The lowest BCUT2D eigenvalue weighted by Gasteiger charge is -2.10. The van der Waals surface area contributed by atoms with Gasteiger partial charge in [0.2, 0.25) is 5.16 Å². The zero-order valence-corrected chi connectivity index (χ0v) is 14.5. The van der Waals surface area contributed by atoms with Crippen LogP contribution in [0.25, 0.3) is 5.69 Å². The summed E-state index contributed by atoms with van der Waals surface area (Å²) < 4.78 is 6.63. The molecule has 25 heavy (non-hydrogen) atoms. The molecule has 0 fully saturated rings. The molecule has 0 unspecified atom stereocenters. The number of nitrogens with zero attached hydrogens (tertiary/aromatic N) is 4. The van der Waals surface area contributed by atoms with Crippen LogP contribution in [0.4, 0.5) is 0 Å². The molecule has 128 valence electrons. The summed E-state index contributed by atoms with van der Waals surface area (Å²) in [6.07, 6.45) is 0. The fraction of sp³-hybridized carbons (Fsp3) is 0.176. The fourth-order valence-electron chi connectivity index (χ4n) is 2.21. The summed E-state index contributed by atoms with van der Waals surface area (Å²) in [4.78, 5) is 12.6. The number of ether oxygens (including phenoxy) is 1. The number of thioether (sulfide) groups is 1. The van der Waals surface area contributed by atoms with Crippen LogP contribution in [0.2, 0.25) is 0 Å². The molecule has 0 aliphatic rings. The number of phenols is 1. The van der Waals surface area contributed by atoms with Crippen LogP contribution in [0.15, 0.2) is 53.7 Å². The molecular formula is C17H16N4O3S. The lowest BCUT2D eigenvalue weighted by molar-refractivity contribution is 0.0994. The standard InChI is InChI=1S/C17H16N4O3S/c1-11(16(23)12-3-9-15(24-2)10-4-12)25-17-18-19-20-21(17)13-5-7-14(22)8-6-13/h3-11,22H,1-2H3/t11-/m0/s1. The largest absolute Gasteiger partial charge is 0.508 e. The van der Waals surface area contributed by atoms with Gasteiger partial charge >= 0.3 is 0 Å². The van der Waals surface area contributed by atoms with Crippen molar-refractivity contribution in [1.82, 2.24) is 20.2 Å². The molecule has 0 saturated carbocycles. The molecule has 1 heterocycles. The maximum atomic E-state index is 12.6. The second kappa shape index (κ2) is 7.35. The van der Waals surface area contributed by atoms with E-state index < -0.39 is 0 Å². The number of benzene rings is 2. The first-order valence-corrected chi connectivity index (χ1v) is 8.39. The Morgan fingerprint density at radius 3 is 2.48 bits per heavy atom. The van der Waals surface area contributed by atoms with Gasteiger partial charge in [-0.05, 0) is 65.9 Å². The van der Waals surface area contributed by atoms with Gasteiger partial charge in [0, 0.05) is 5.56 Å². The van der Waals surface area contributed by atoms with Crippen LogP contribution in [0.1, 0.15) is 17.3 Å². The Labute approximate surface area is 148 Å². The van der Waals surface area contributed by atoms with Crippen LogP contribution in [0.3, 0.4) is 0 Å². The molecule has 0 radical (unpaired) electrons. The highest BCUT2D eigenvalue weighted by Gasteiger charge is 2.20. The summed E-state index contributed by atoms with van der Waals surface area (Å²) in [5.74, 6) is 0.843. The number of ketones is 1. The average molecular weight is 356 g/mol. The molecule has 0 aliphatic carbocycles. The Bertz CT molecular complexity index is 862. The van der Waals surface area contributed by atoms with Crippen molar-refractivity contribution in [2.75, 3.05) is 7.11 Å². The average Bonchev–Trinajstić information content (AvgIpc) is 3.10. The Morgan fingerprint density at radius 1 is 1.16 bits per heavy atom. The van der Waals surface area contributed by atoms with Crippen molar-refractivity contribution in [3.63, 3.8) is 0 Å². The van der Waals surface area contributed by atoms with Gasteiger partial charge in [-0.3, -0.25) is 4.79 Å². The molecule has 0 amide bonds. The molecule has 3 aromatic rings. The fourth-order valence-corrected chi connectivity index (χ4v) is 3.09. The first-order chi connectivity index (χ1) is 12.1. The topological polar surface area (TPSA) is 90.1 Å². The summed E-state index contributed by atoms with van der Waals surface area (Å²) in [6, 6.07) is 13.5. The summed E-state index contributed by atoms with van der Waals surface area (Å²) in [6.45, 7) is 1.81. The van der Waals surface area contributed by atoms with Crippen molar-refractivity contribution in [2.45, 2.75) is 17.3 Å². The number of hydrogen-bond acceptors (Lipinski definition) is 7. The van der Waals surface area contributed by atoms with Gasteiger partial charge in [0.15, 0.2) is 5.78 Å². The number of phenolic OH excluding ortho intramolecular Hbond substituents is 1. The van der Waals surface area contributed by atoms with E-state index in [-0.39, 0.29) is 16.8 Å². The minimum atomic E-state index is -0.366. The predicted molar refractivity (Wildman–Crippen MR) is 93.5 cm³/mol. The van der Waals surface area contributed by atoms with Gasteiger partial charge in [-0.25, -0.2) is 0 Å². The highest BCUT2D eigenvalue weighted by Crippen LogP contribution is 2.26. The van der Waals surface area contributed by atoms with Gasteiger partial charge in [0.05, 0.1) is 18.0 Å². The third-order valence-corrected chi connectivity index (χ3v) is 4.59.